The van der Waals surface area contributed by atoms with E-state index in [1.807, 2.05) is 59.4 Å². The molecule has 0 aliphatic heterocycles. The highest BCUT2D eigenvalue weighted by Crippen LogP contribution is 2.19. The van der Waals surface area contributed by atoms with Crippen LogP contribution in [-0.4, -0.2) is 15.7 Å². The fourth-order valence-corrected chi connectivity index (χ4v) is 3.23. The average Bonchev–Trinajstić information content (AvgIpc) is 3.14. The van der Waals surface area contributed by atoms with Gasteiger partial charge < -0.3 is 5.32 Å². The molecule has 0 bridgehead atoms. The summed E-state index contributed by atoms with van der Waals surface area (Å²) in [5.74, 6) is 0.572. The normalized spacial score (nSPS) is 10.8. The standard InChI is InChI=1S/C23H21N3O/c27-23(14-13-18-7-2-1-3-8-18)24-22-15-16-26(25-22)17-20-11-6-10-19-9-4-5-12-21(19)20/h1-12,15-16H,13-14,17H2,(H,24,25,27). The molecule has 0 spiro atoms. The van der Waals surface area contributed by atoms with Gasteiger partial charge in [-0.3, -0.25) is 9.48 Å². The summed E-state index contributed by atoms with van der Waals surface area (Å²) in [6.45, 7) is 0.668. The van der Waals surface area contributed by atoms with E-state index in [-0.39, 0.29) is 5.91 Å². The molecule has 0 saturated carbocycles. The summed E-state index contributed by atoms with van der Waals surface area (Å²) in [4.78, 5) is 12.2. The Morgan fingerprint density at radius 3 is 2.56 bits per heavy atom. The molecule has 0 unspecified atom stereocenters. The number of amides is 1. The summed E-state index contributed by atoms with van der Waals surface area (Å²) >= 11 is 0. The van der Waals surface area contributed by atoms with Crippen LogP contribution in [0.2, 0.25) is 0 Å². The minimum Gasteiger partial charge on any atom is -0.309 e. The SMILES string of the molecule is O=C(CCc1ccccc1)Nc1ccn(Cc2cccc3ccccc23)n1. The molecule has 0 saturated heterocycles. The summed E-state index contributed by atoms with van der Waals surface area (Å²) in [5, 5.41) is 9.82. The molecule has 4 rings (SSSR count). The second-order valence-corrected chi connectivity index (χ2v) is 6.57. The average molecular weight is 355 g/mol. The quantitative estimate of drug-likeness (QED) is 0.547. The van der Waals surface area contributed by atoms with Gasteiger partial charge in [-0.1, -0.05) is 72.8 Å². The Balaban J connectivity index is 1.39. The molecule has 4 nitrogen and oxygen atoms in total. The first kappa shape index (κ1) is 17.0. The fraction of sp³-hybridized carbons (Fsp3) is 0.130. The van der Waals surface area contributed by atoms with Gasteiger partial charge in [0.1, 0.15) is 0 Å². The Kier molecular flexibility index (Phi) is 4.97. The Hall–Kier alpha value is -3.40. The van der Waals surface area contributed by atoms with Crippen molar-refractivity contribution in [3.63, 3.8) is 0 Å². The van der Waals surface area contributed by atoms with E-state index in [0.717, 1.165) is 12.0 Å². The van der Waals surface area contributed by atoms with Crippen LogP contribution < -0.4 is 5.32 Å². The number of aryl methyl sites for hydroxylation is 1. The largest absolute Gasteiger partial charge is 0.309 e. The molecule has 1 heterocycles. The first-order chi connectivity index (χ1) is 13.3. The second kappa shape index (κ2) is 7.87. The molecule has 0 aliphatic rings. The highest BCUT2D eigenvalue weighted by Gasteiger charge is 2.07. The number of aromatic nitrogens is 2. The van der Waals surface area contributed by atoms with Crippen molar-refractivity contribution in [2.75, 3.05) is 5.32 Å². The molecule has 27 heavy (non-hydrogen) atoms. The van der Waals surface area contributed by atoms with Gasteiger partial charge in [0.15, 0.2) is 5.82 Å². The molecule has 1 aromatic heterocycles. The molecule has 4 heteroatoms. The van der Waals surface area contributed by atoms with Crippen molar-refractivity contribution in [3.05, 3.63) is 96.2 Å². The van der Waals surface area contributed by atoms with Crippen molar-refractivity contribution in [2.24, 2.45) is 0 Å². The van der Waals surface area contributed by atoms with Gasteiger partial charge in [-0.15, -0.1) is 0 Å². The molecule has 4 aromatic rings. The zero-order valence-electron chi connectivity index (χ0n) is 15.0. The molecule has 3 aromatic carbocycles. The number of rotatable bonds is 6. The van der Waals surface area contributed by atoms with E-state index in [0.29, 0.717) is 18.8 Å². The molecule has 1 N–H and O–H groups in total. The number of nitrogens with one attached hydrogen (secondary N) is 1. The highest BCUT2D eigenvalue weighted by molar-refractivity contribution is 5.89. The fourth-order valence-electron chi connectivity index (χ4n) is 3.23. The van der Waals surface area contributed by atoms with Crippen LogP contribution in [-0.2, 0) is 17.8 Å². The highest BCUT2D eigenvalue weighted by atomic mass is 16.1. The number of anilines is 1. The topological polar surface area (TPSA) is 46.9 Å². The molecular formula is C23H21N3O. The van der Waals surface area contributed by atoms with Gasteiger partial charge in [-0.05, 0) is 28.3 Å². The van der Waals surface area contributed by atoms with E-state index in [4.69, 9.17) is 0 Å². The van der Waals surface area contributed by atoms with Crippen LogP contribution in [0.1, 0.15) is 17.5 Å². The molecule has 134 valence electrons. The summed E-state index contributed by atoms with van der Waals surface area (Å²) in [5.41, 5.74) is 2.37. The third-order valence-corrected chi connectivity index (χ3v) is 4.60. The predicted molar refractivity (Wildman–Crippen MR) is 109 cm³/mol. The first-order valence-corrected chi connectivity index (χ1v) is 9.12. The summed E-state index contributed by atoms with van der Waals surface area (Å²) < 4.78 is 1.86. The van der Waals surface area contributed by atoms with E-state index in [1.165, 1.54) is 16.3 Å². The van der Waals surface area contributed by atoms with Crippen molar-refractivity contribution in [1.82, 2.24) is 9.78 Å². The Morgan fingerprint density at radius 2 is 1.67 bits per heavy atom. The van der Waals surface area contributed by atoms with Crippen molar-refractivity contribution in [1.29, 1.82) is 0 Å². The van der Waals surface area contributed by atoms with Gasteiger partial charge in [0.25, 0.3) is 0 Å². The van der Waals surface area contributed by atoms with Gasteiger partial charge in [0.05, 0.1) is 6.54 Å². The van der Waals surface area contributed by atoms with Gasteiger partial charge in [-0.2, -0.15) is 5.10 Å². The van der Waals surface area contributed by atoms with Crippen LogP contribution in [0, 0.1) is 0 Å². The number of carbonyl (C=O) groups excluding carboxylic acids is 1. The molecule has 0 atom stereocenters. The van der Waals surface area contributed by atoms with Crippen LogP contribution >= 0.6 is 0 Å². The number of benzene rings is 3. The van der Waals surface area contributed by atoms with Crippen LogP contribution in [0.5, 0.6) is 0 Å². The third kappa shape index (κ3) is 4.23. The van der Waals surface area contributed by atoms with Crippen LogP contribution in [0.25, 0.3) is 10.8 Å². The minimum absolute atomic E-state index is 0.0192. The Bertz CT molecular complexity index is 1050. The van der Waals surface area contributed by atoms with E-state index in [9.17, 15) is 4.79 Å². The third-order valence-electron chi connectivity index (χ3n) is 4.60. The van der Waals surface area contributed by atoms with E-state index >= 15 is 0 Å². The van der Waals surface area contributed by atoms with Crippen molar-refractivity contribution in [3.8, 4) is 0 Å². The summed E-state index contributed by atoms with van der Waals surface area (Å²) in [6.07, 6.45) is 3.07. The molecular weight excluding hydrogens is 334 g/mol. The molecule has 0 radical (unpaired) electrons. The maximum absolute atomic E-state index is 12.2. The lowest BCUT2D eigenvalue weighted by atomic mass is 10.0. The zero-order chi connectivity index (χ0) is 18.5. The molecule has 0 aliphatic carbocycles. The van der Waals surface area contributed by atoms with Gasteiger partial charge in [-0.25, -0.2) is 0 Å². The smallest absolute Gasteiger partial charge is 0.225 e. The Labute approximate surface area is 158 Å². The second-order valence-electron chi connectivity index (χ2n) is 6.57. The Morgan fingerprint density at radius 1 is 0.889 bits per heavy atom. The number of carbonyl (C=O) groups is 1. The van der Waals surface area contributed by atoms with Gasteiger partial charge >= 0.3 is 0 Å². The lowest BCUT2D eigenvalue weighted by Crippen LogP contribution is -2.13. The number of hydrogen-bond donors (Lipinski definition) is 1. The maximum Gasteiger partial charge on any atom is 0.225 e. The van der Waals surface area contributed by atoms with E-state index < -0.39 is 0 Å². The predicted octanol–water partition coefficient (Wildman–Crippen LogP) is 4.66. The van der Waals surface area contributed by atoms with Crippen LogP contribution in [0.15, 0.2) is 85.1 Å². The minimum atomic E-state index is -0.0192. The summed E-state index contributed by atoms with van der Waals surface area (Å²) in [7, 11) is 0. The first-order valence-electron chi connectivity index (χ1n) is 9.12. The van der Waals surface area contributed by atoms with Crippen molar-refractivity contribution >= 4 is 22.5 Å². The maximum atomic E-state index is 12.2. The zero-order valence-corrected chi connectivity index (χ0v) is 15.0. The molecule has 0 fully saturated rings. The van der Waals surface area contributed by atoms with Crippen LogP contribution in [0.3, 0.4) is 0 Å². The summed E-state index contributed by atoms with van der Waals surface area (Å²) in [6, 6.07) is 26.5. The molecule has 1 amide bonds. The van der Waals surface area contributed by atoms with Crippen LogP contribution in [0.4, 0.5) is 5.82 Å². The van der Waals surface area contributed by atoms with Gasteiger partial charge in [0.2, 0.25) is 5.91 Å². The van der Waals surface area contributed by atoms with Gasteiger partial charge in [0, 0.05) is 18.7 Å². The van der Waals surface area contributed by atoms with Crippen molar-refractivity contribution < 1.29 is 4.79 Å². The number of fused-ring (bicyclic) bond motifs is 1. The van der Waals surface area contributed by atoms with E-state index in [2.05, 4.69) is 40.7 Å². The lowest BCUT2D eigenvalue weighted by molar-refractivity contribution is -0.116. The number of hydrogen-bond acceptors (Lipinski definition) is 2. The van der Waals surface area contributed by atoms with E-state index in [1.54, 1.807) is 0 Å². The monoisotopic (exact) mass is 355 g/mol. The lowest BCUT2D eigenvalue weighted by Gasteiger charge is -2.07. The number of nitrogens with zero attached hydrogens (tertiary/aromatic N) is 2. The van der Waals surface area contributed by atoms with Crippen molar-refractivity contribution in [2.45, 2.75) is 19.4 Å².